The first kappa shape index (κ1) is 16.0. The van der Waals surface area contributed by atoms with Crippen LogP contribution in [0.25, 0.3) is 21.8 Å². The summed E-state index contributed by atoms with van der Waals surface area (Å²) in [5.41, 5.74) is 2.15. The summed E-state index contributed by atoms with van der Waals surface area (Å²) in [5.74, 6) is 3.98. The second kappa shape index (κ2) is 7.62. The summed E-state index contributed by atoms with van der Waals surface area (Å²) < 4.78 is 5.98. The number of rotatable bonds is 7. The lowest BCUT2D eigenvalue weighted by molar-refractivity contribution is 0.322. The number of benzene rings is 3. The quantitative estimate of drug-likeness (QED) is 0.453. The van der Waals surface area contributed by atoms with Gasteiger partial charge in [0.1, 0.15) is 11.6 Å². The van der Waals surface area contributed by atoms with Crippen LogP contribution in [0.3, 0.4) is 0 Å². The van der Waals surface area contributed by atoms with Crippen molar-refractivity contribution in [1.29, 1.82) is 0 Å². The lowest BCUT2D eigenvalue weighted by Crippen LogP contribution is -1.99. The number of hydrogen-bond acceptors (Lipinski definition) is 3. The smallest absolute Gasteiger partial charge is 0.127 e. The van der Waals surface area contributed by atoms with E-state index in [0.717, 1.165) is 47.1 Å². The van der Waals surface area contributed by atoms with Gasteiger partial charge in [0.2, 0.25) is 0 Å². The van der Waals surface area contributed by atoms with Gasteiger partial charge in [-0.25, -0.2) is 4.98 Å². The van der Waals surface area contributed by atoms with Gasteiger partial charge in [-0.2, -0.15) is 11.8 Å². The Morgan fingerprint density at radius 1 is 0.920 bits per heavy atom. The molecule has 0 bridgehead atoms. The number of ether oxygens (including phenoxy) is 1. The minimum absolute atomic E-state index is 0.737. The molecule has 4 heteroatoms. The average molecular weight is 348 g/mol. The Kier molecular flexibility index (Phi) is 4.89. The van der Waals surface area contributed by atoms with Crippen molar-refractivity contribution in [3.05, 3.63) is 72.6 Å². The maximum absolute atomic E-state index is 5.98. The zero-order valence-electron chi connectivity index (χ0n) is 13.9. The van der Waals surface area contributed by atoms with Crippen LogP contribution in [0.4, 0.5) is 0 Å². The van der Waals surface area contributed by atoms with Gasteiger partial charge in [0, 0.05) is 5.39 Å². The number of nitrogens with one attached hydrogen (secondary N) is 1. The van der Waals surface area contributed by atoms with Gasteiger partial charge in [0.15, 0.2) is 0 Å². The Labute approximate surface area is 151 Å². The molecule has 0 spiro atoms. The van der Waals surface area contributed by atoms with E-state index in [0.29, 0.717) is 0 Å². The monoisotopic (exact) mass is 348 g/mol. The minimum atomic E-state index is 0.737. The van der Waals surface area contributed by atoms with E-state index in [9.17, 15) is 0 Å². The predicted molar refractivity (Wildman–Crippen MR) is 106 cm³/mol. The fraction of sp³-hybridized carbons (Fsp3) is 0.190. The van der Waals surface area contributed by atoms with Crippen molar-refractivity contribution in [3.8, 4) is 5.75 Å². The molecule has 25 heavy (non-hydrogen) atoms. The predicted octanol–water partition coefficient (Wildman–Crippen LogP) is 5.42. The highest BCUT2D eigenvalue weighted by Crippen LogP contribution is 2.25. The van der Waals surface area contributed by atoms with E-state index in [1.54, 1.807) is 0 Å². The summed E-state index contributed by atoms with van der Waals surface area (Å²) in [6, 6.07) is 22.7. The second-order valence-electron chi connectivity index (χ2n) is 5.93. The van der Waals surface area contributed by atoms with Crippen LogP contribution >= 0.6 is 11.8 Å². The van der Waals surface area contributed by atoms with Gasteiger partial charge < -0.3 is 9.72 Å². The van der Waals surface area contributed by atoms with Crippen LogP contribution in [-0.2, 0) is 5.75 Å². The van der Waals surface area contributed by atoms with Crippen molar-refractivity contribution in [2.45, 2.75) is 12.2 Å². The van der Waals surface area contributed by atoms with E-state index >= 15 is 0 Å². The van der Waals surface area contributed by atoms with Gasteiger partial charge in [0.25, 0.3) is 0 Å². The van der Waals surface area contributed by atoms with Crippen LogP contribution in [0.1, 0.15) is 12.2 Å². The summed E-state index contributed by atoms with van der Waals surface area (Å²) in [6.45, 7) is 0.737. The molecule has 0 saturated heterocycles. The van der Waals surface area contributed by atoms with Gasteiger partial charge in [-0.1, -0.05) is 48.5 Å². The highest BCUT2D eigenvalue weighted by molar-refractivity contribution is 7.98. The van der Waals surface area contributed by atoms with Crippen molar-refractivity contribution in [1.82, 2.24) is 9.97 Å². The van der Waals surface area contributed by atoms with E-state index in [4.69, 9.17) is 4.74 Å². The van der Waals surface area contributed by atoms with Crippen molar-refractivity contribution < 1.29 is 4.74 Å². The molecule has 1 heterocycles. The molecular formula is C21H20N2OS. The SMILES string of the molecule is c1ccc2c(OCCCSCc3nc4ccccc4[nH]3)cccc2c1. The summed E-state index contributed by atoms with van der Waals surface area (Å²) in [4.78, 5) is 7.97. The molecule has 0 fully saturated rings. The fourth-order valence-electron chi connectivity index (χ4n) is 2.91. The van der Waals surface area contributed by atoms with E-state index in [1.807, 2.05) is 42.1 Å². The lowest BCUT2D eigenvalue weighted by Gasteiger charge is -2.09. The Bertz CT molecular complexity index is 941. The van der Waals surface area contributed by atoms with Crippen molar-refractivity contribution in [2.24, 2.45) is 0 Å². The summed E-state index contributed by atoms with van der Waals surface area (Å²) in [5, 5.41) is 2.40. The number of H-pyrrole nitrogens is 1. The largest absolute Gasteiger partial charge is 0.493 e. The molecule has 3 aromatic carbocycles. The van der Waals surface area contributed by atoms with Crippen molar-refractivity contribution in [2.75, 3.05) is 12.4 Å². The van der Waals surface area contributed by atoms with Crippen molar-refractivity contribution >= 4 is 33.6 Å². The zero-order chi connectivity index (χ0) is 16.9. The van der Waals surface area contributed by atoms with Crippen LogP contribution in [0.5, 0.6) is 5.75 Å². The van der Waals surface area contributed by atoms with Crippen LogP contribution < -0.4 is 4.74 Å². The number of nitrogens with zero attached hydrogens (tertiary/aromatic N) is 1. The van der Waals surface area contributed by atoms with Gasteiger partial charge in [0.05, 0.1) is 23.4 Å². The van der Waals surface area contributed by atoms with E-state index in [2.05, 4.69) is 46.4 Å². The second-order valence-corrected chi connectivity index (χ2v) is 7.04. The third-order valence-corrected chi connectivity index (χ3v) is 5.17. The molecule has 4 rings (SSSR count). The van der Waals surface area contributed by atoms with Crippen LogP contribution in [0.15, 0.2) is 66.7 Å². The van der Waals surface area contributed by atoms with E-state index < -0.39 is 0 Å². The Balaban J connectivity index is 1.24. The molecule has 0 amide bonds. The van der Waals surface area contributed by atoms with Gasteiger partial charge in [-0.15, -0.1) is 0 Å². The third-order valence-electron chi connectivity index (χ3n) is 4.12. The maximum Gasteiger partial charge on any atom is 0.127 e. The minimum Gasteiger partial charge on any atom is -0.493 e. The number of imidazole rings is 1. The molecule has 0 saturated carbocycles. The molecule has 0 aliphatic rings. The third kappa shape index (κ3) is 3.80. The summed E-state index contributed by atoms with van der Waals surface area (Å²) >= 11 is 1.89. The number of aromatic amines is 1. The molecule has 3 nitrogen and oxygen atoms in total. The average Bonchev–Trinajstić information content (AvgIpc) is 3.07. The lowest BCUT2D eigenvalue weighted by atomic mass is 10.1. The molecule has 0 radical (unpaired) electrons. The summed E-state index contributed by atoms with van der Waals surface area (Å²) in [6.07, 6.45) is 1.02. The number of hydrogen-bond donors (Lipinski definition) is 1. The summed E-state index contributed by atoms with van der Waals surface area (Å²) in [7, 11) is 0. The molecule has 0 aliphatic heterocycles. The molecular weight excluding hydrogens is 328 g/mol. The van der Waals surface area contributed by atoms with Crippen molar-refractivity contribution in [3.63, 3.8) is 0 Å². The fourth-order valence-corrected chi connectivity index (χ4v) is 3.70. The van der Waals surface area contributed by atoms with Gasteiger partial charge in [-0.05, 0) is 35.8 Å². The zero-order valence-corrected chi connectivity index (χ0v) is 14.8. The standard InChI is InChI=1S/C21H20N2OS/c1-2-9-17-16(7-1)8-5-12-20(17)24-13-6-14-25-15-21-22-18-10-3-4-11-19(18)23-21/h1-5,7-12H,6,13-15H2,(H,22,23). The van der Waals surface area contributed by atoms with E-state index in [1.165, 1.54) is 10.8 Å². The van der Waals surface area contributed by atoms with E-state index in [-0.39, 0.29) is 0 Å². The Morgan fingerprint density at radius 2 is 1.76 bits per heavy atom. The molecule has 0 atom stereocenters. The number of aromatic nitrogens is 2. The number of fused-ring (bicyclic) bond motifs is 2. The number of para-hydroxylation sites is 2. The van der Waals surface area contributed by atoms with Crippen LogP contribution in [0.2, 0.25) is 0 Å². The Hall–Kier alpha value is -2.46. The molecule has 1 N–H and O–H groups in total. The maximum atomic E-state index is 5.98. The first-order chi connectivity index (χ1) is 12.4. The van der Waals surface area contributed by atoms with Gasteiger partial charge >= 0.3 is 0 Å². The molecule has 0 unspecified atom stereocenters. The molecule has 4 aromatic rings. The van der Waals surface area contributed by atoms with Crippen LogP contribution in [-0.4, -0.2) is 22.3 Å². The topological polar surface area (TPSA) is 37.9 Å². The molecule has 0 aliphatic carbocycles. The highest BCUT2D eigenvalue weighted by Gasteiger charge is 2.03. The Morgan fingerprint density at radius 3 is 2.72 bits per heavy atom. The van der Waals surface area contributed by atoms with Gasteiger partial charge in [-0.3, -0.25) is 0 Å². The first-order valence-electron chi connectivity index (χ1n) is 8.52. The van der Waals surface area contributed by atoms with Crippen LogP contribution in [0, 0.1) is 0 Å². The normalized spacial score (nSPS) is 11.2. The number of thioether (sulfide) groups is 1. The molecule has 1 aromatic heterocycles. The highest BCUT2D eigenvalue weighted by atomic mass is 32.2. The molecule has 126 valence electrons. The first-order valence-corrected chi connectivity index (χ1v) is 9.67.